The van der Waals surface area contributed by atoms with Gasteiger partial charge in [-0.05, 0) is 25.0 Å². The van der Waals surface area contributed by atoms with Crippen molar-refractivity contribution in [3.05, 3.63) is 29.7 Å². The summed E-state index contributed by atoms with van der Waals surface area (Å²) in [5.74, 6) is -0.952. The summed E-state index contributed by atoms with van der Waals surface area (Å²) in [5.41, 5.74) is -0.699. The highest BCUT2D eigenvalue weighted by Crippen LogP contribution is 2.36. The van der Waals surface area contributed by atoms with Crippen molar-refractivity contribution in [2.24, 2.45) is 7.05 Å². The predicted octanol–water partition coefficient (Wildman–Crippen LogP) is 3.72. The lowest BCUT2D eigenvalue weighted by atomic mass is 10.1. The normalized spacial score (nSPS) is 15.0. The molecule has 2 heterocycles. The summed E-state index contributed by atoms with van der Waals surface area (Å²) in [6.45, 7) is -0.161. The van der Waals surface area contributed by atoms with Crippen LogP contribution in [-0.2, 0) is 24.6 Å². The summed E-state index contributed by atoms with van der Waals surface area (Å²) in [7, 11) is 3.28. The molecule has 1 fully saturated rings. The number of hydrogen-bond acceptors (Lipinski definition) is 5. The van der Waals surface area contributed by atoms with E-state index in [9.17, 15) is 23.1 Å². The van der Waals surface area contributed by atoms with Crippen molar-refractivity contribution in [2.45, 2.75) is 44.5 Å². The van der Waals surface area contributed by atoms with Gasteiger partial charge in [-0.1, -0.05) is 12.8 Å². The van der Waals surface area contributed by atoms with E-state index in [1.807, 2.05) is 0 Å². The second kappa shape index (κ2) is 7.69. The Hall–Kier alpha value is -2.78. The van der Waals surface area contributed by atoms with E-state index in [0.717, 1.165) is 31.7 Å². The van der Waals surface area contributed by atoms with Gasteiger partial charge in [-0.2, -0.15) is 18.3 Å². The number of aromatic hydroxyl groups is 1. The number of alkyl halides is 3. The number of carbonyl (C=O) groups excluding carboxylic acids is 1. The Bertz CT molecular complexity index is 860. The third kappa shape index (κ3) is 4.05. The monoisotopic (exact) mass is 398 g/mol. The molecule has 1 amide bonds. The molecular formula is C18H21F3N4O3. The molecule has 28 heavy (non-hydrogen) atoms. The smallest absolute Gasteiger partial charge is 0.437 e. The van der Waals surface area contributed by atoms with Crippen LogP contribution in [0.1, 0.15) is 37.1 Å². The molecule has 0 aliphatic heterocycles. The third-order valence-electron chi connectivity index (χ3n) is 4.97. The first kappa shape index (κ1) is 20.0. The molecule has 0 spiro atoms. The maximum absolute atomic E-state index is 13.0. The van der Waals surface area contributed by atoms with E-state index in [4.69, 9.17) is 4.74 Å². The number of aryl methyl sites for hydroxylation is 1. The largest absolute Gasteiger partial charge is 0.506 e. The minimum atomic E-state index is -4.79. The van der Waals surface area contributed by atoms with Gasteiger partial charge < -0.3 is 14.7 Å². The molecule has 1 N–H and O–H groups in total. The topological polar surface area (TPSA) is 80.5 Å². The standard InChI is InChI=1S/C18H21F3N4O3/c1-24(11-5-3-4-6-11)17(27)28-10-14-12(9-22-25(14)2)13-7-8-15(26)16(23-13)18(19,20)21/h7-9,11,26H,3-6,10H2,1-2H3. The fraction of sp³-hybridized carbons (Fsp3) is 0.500. The molecule has 1 saturated carbocycles. The number of aromatic nitrogens is 3. The molecule has 0 radical (unpaired) electrons. The Labute approximate surface area is 159 Å². The second-order valence-corrected chi connectivity index (χ2v) is 6.79. The van der Waals surface area contributed by atoms with Crippen molar-refractivity contribution >= 4 is 6.09 Å². The summed E-state index contributed by atoms with van der Waals surface area (Å²) >= 11 is 0. The molecule has 152 valence electrons. The van der Waals surface area contributed by atoms with Gasteiger partial charge in [-0.15, -0.1) is 0 Å². The maximum Gasteiger partial charge on any atom is 0.437 e. The van der Waals surface area contributed by atoms with Crippen LogP contribution in [0.5, 0.6) is 5.75 Å². The number of amides is 1. The number of rotatable bonds is 4. The van der Waals surface area contributed by atoms with Gasteiger partial charge in [-0.3, -0.25) is 4.68 Å². The van der Waals surface area contributed by atoms with Gasteiger partial charge in [0.2, 0.25) is 0 Å². The van der Waals surface area contributed by atoms with Crippen LogP contribution >= 0.6 is 0 Å². The van der Waals surface area contributed by atoms with Gasteiger partial charge >= 0.3 is 12.3 Å². The van der Waals surface area contributed by atoms with Gasteiger partial charge in [0.15, 0.2) is 5.69 Å². The van der Waals surface area contributed by atoms with E-state index >= 15 is 0 Å². The average molecular weight is 398 g/mol. The molecule has 0 bridgehead atoms. The fourth-order valence-corrected chi connectivity index (χ4v) is 3.33. The maximum atomic E-state index is 13.0. The summed E-state index contributed by atoms with van der Waals surface area (Å²) in [4.78, 5) is 17.4. The van der Waals surface area contributed by atoms with Crippen LogP contribution in [0, 0.1) is 0 Å². The van der Waals surface area contributed by atoms with Gasteiger partial charge in [0.05, 0.1) is 17.6 Å². The molecule has 7 nitrogen and oxygen atoms in total. The lowest BCUT2D eigenvalue weighted by molar-refractivity contribution is -0.142. The molecule has 0 aromatic carbocycles. The van der Waals surface area contributed by atoms with Gasteiger partial charge in [0.1, 0.15) is 12.4 Å². The minimum Gasteiger partial charge on any atom is -0.506 e. The lowest BCUT2D eigenvalue weighted by Crippen LogP contribution is -2.35. The van der Waals surface area contributed by atoms with Crippen LogP contribution in [-0.4, -0.2) is 44.0 Å². The molecule has 2 aromatic rings. The quantitative estimate of drug-likeness (QED) is 0.849. The summed E-state index contributed by atoms with van der Waals surface area (Å²) < 4.78 is 45.8. The number of ether oxygens (including phenoxy) is 1. The number of nitrogens with zero attached hydrogens (tertiary/aromatic N) is 4. The fourth-order valence-electron chi connectivity index (χ4n) is 3.33. The van der Waals surface area contributed by atoms with Gasteiger partial charge in [0.25, 0.3) is 0 Å². The number of halogens is 3. The molecule has 1 aliphatic rings. The lowest BCUT2D eigenvalue weighted by Gasteiger charge is -2.23. The van der Waals surface area contributed by atoms with E-state index < -0.39 is 23.7 Å². The first-order valence-corrected chi connectivity index (χ1v) is 8.86. The van der Waals surface area contributed by atoms with Crippen LogP contribution in [0.15, 0.2) is 18.3 Å². The Balaban J connectivity index is 1.80. The van der Waals surface area contributed by atoms with Crippen molar-refractivity contribution in [1.82, 2.24) is 19.7 Å². The van der Waals surface area contributed by atoms with Crippen LogP contribution in [0.3, 0.4) is 0 Å². The molecule has 0 atom stereocenters. The molecular weight excluding hydrogens is 377 g/mol. The SMILES string of the molecule is CN(C(=O)OCc1c(-c2ccc(O)c(C(F)(F)F)n2)cnn1C)C1CCCC1. The Morgan fingerprint density at radius 2 is 2.04 bits per heavy atom. The Morgan fingerprint density at radius 3 is 2.68 bits per heavy atom. The first-order valence-electron chi connectivity index (χ1n) is 8.86. The summed E-state index contributed by atoms with van der Waals surface area (Å²) in [5, 5.41) is 13.5. The number of hydrogen-bond donors (Lipinski definition) is 1. The predicted molar refractivity (Wildman–Crippen MR) is 93.3 cm³/mol. The van der Waals surface area contributed by atoms with Crippen LogP contribution in [0.2, 0.25) is 0 Å². The van der Waals surface area contributed by atoms with E-state index in [2.05, 4.69) is 10.1 Å². The Kier molecular flexibility index (Phi) is 5.48. The molecule has 1 aliphatic carbocycles. The second-order valence-electron chi connectivity index (χ2n) is 6.79. The molecule has 3 rings (SSSR count). The highest BCUT2D eigenvalue weighted by Gasteiger charge is 2.36. The molecule has 0 saturated heterocycles. The van der Waals surface area contributed by atoms with Crippen molar-refractivity contribution < 1.29 is 27.8 Å². The number of carbonyl (C=O) groups is 1. The van der Waals surface area contributed by atoms with Crippen LogP contribution in [0.4, 0.5) is 18.0 Å². The van der Waals surface area contributed by atoms with Crippen molar-refractivity contribution in [1.29, 1.82) is 0 Å². The average Bonchev–Trinajstić information content (AvgIpc) is 3.28. The third-order valence-corrected chi connectivity index (χ3v) is 4.97. The zero-order valence-corrected chi connectivity index (χ0v) is 15.5. The number of pyridine rings is 1. The van der Waals surface area contributed by atoms with Crippen molar-refractivity contribution in [3.63, 3.8) is 0 Å². The molecule has 10 heteroatoms. The zero-order chi connectivity index (χ0) is 20.5. The highest BCUT2D eigenvalue weighted by molar-refractivity contribution is 5.68. The van der Waals surface area contributed by atoms with Crippen LogP contribution < -0.4 is 0 Å². The van der Waals surface area contributed by atoms with Crippen molar-refractivity contribution in [3.8, 4) is 17.0 Å². The van der Waals surface area contributed by atoms with Gasteiger partial charge in [-0.25, -0.2) is 9.78 Å². The minimum absolute atomic E-state index is 0.0200. The Morgan fingerprint density at radius 1 is 1.36 bits per heavy atom. The van der Waals surface area contributed by atoms with E-state index in [1.54, 1.807) is 19.0 Å². The molecule has 0 unspecified atom stereocenters. The summed E-state index contributed by atoms with van der Waals surface area (Å²) in [6.07, 6.45) is 0.0707. The van der Waals surface area contributed by atoms with E-state index in [1.165, 1.54) is 16.9 Å². The van der Waals surface area contributed by atoms with E-state index in [0.29, 0.717) is 11.3 Å². The zero-order valence-electron chi connectivity index (χ0n) is 15.5. The van der Waals surface area contributed by atoms with Gasteiger partial charge in [0, 0.05) is 25.7 Å². The molecule has 2 aromatic heterocycles. The summed E-state index contributed by atoms with van der Waals surface area (Å²) in [6, 6.07) is 2.34. The van der Waals surface area contributed by atoms with E-state index in [-0.39, 0.29) is 18.3 Å². The highest BCUT2D eigenvalue weighted by atomic mass is 19.4. The first-order chi connectivity index (χ1) is 13.2. The van der Waals surface area contributed by atoms with Crippen LogP contribution in [0.25, 0.3) is 11.3 Å². The van der Waals surface area contributed by atoms with Crippen molar-refractivity contribution in [2.75, 3.05) is 7.05 Å².